The number of carbonyl (C=O) groups is 1. The zero-order valence-electron chi connectivity index (χ0n) is 17.3. The summed E-state index contributed by atoms with van der Waals surface area (Å²) in [4.78, 5) is 43.0. The minimum atomic E-state index is -0.796. The molecule has 1 aromatic carbocycles. The Morgan fingerprint density at radius 2 is 2.00 bits per heavy atom. The maximum atomic E-state index is 13.2. The van der Waals surface area contributed by atoms with Crippen molar-refractivity contribution in [2.24, 2.45) is 0 Å². The first-order chi connectivity index (χ1) is 14.4. The van der Waals surface area contributed by atoms with Crippen LogP contribution in [-0.2, 0) is 20.8 Å². The predicted octanol–water partition coefficient (Wildman–Crippen LogP) is 1.13. The first-order valence-electron chi connectivity index (χ1n) is 9.47. The molecule has 1 atom stereocenters. The SMILES string of the molecule is CCOC(=O)C(C)n1cnc2c1c(=O)n(CCOC)c(=O)n2-c1cccc(OC)c1. The Bertz CT molecular complexity index is 1180. The highest BCUT2D eigenvalue weighted by atomic mass is 16.5. The van der Waals surface area contributed by atoms with Gasteiger partial charge in [0.15, 0.2) is 11.2 Å². The summed E-state index contributed by atoms with van der Waals surface area (Å²) in [5, 5.41) is 0. The highest BCUT2D eigenvalue weighted by molar-refractivity contribution is 5.79. The third-order valence-corrected chi connectivity index (χ3v) is 4.73. The molecule has 0 saturated carbocycles. The minimum absolute atomic E-state index is 0.0487. The summed E-state index contributed by atoms with van der Waals surface area (Å²) >= 11 is 0. The summed E-state index contributed by atoms with van der Waals surface area (Å²) in [5.74, 6) is 0.0419. The Kier molecular flexibility index (Phi) is 6.36. The fourth-order valence-corrected chi connectivity index (χ4v) is 3.18. The van der Waals surface area contributed by atoms with Crippen LogP contribution in [-0.4, -0.2) is 52.1 Å². The maximum Gasteiger partial charge on any atom is 0.337 e. The molecule has 2 heterocycles. The highest BCUT2D eigenvalue weighted by Gasteiger charge is 2.24. The predicted molar refractivity (Wildman–Crippen MR) is 109 cm³/mol. The number of hydrogen-bond acceptors (Lipinski definition) is 7. The number of ether oxygens (including phenoxy) is 3. The van der Waals surface area contributed by atoms with Crippen LogP contribution in [0.1, 0.15) is 19.9 Å². The second-order valence-electron chi connectivity index (χ2n) is 6.52. The van der Waals surface area contributed by atoms with Crippen molar-refractivity contribution in [1.29, 1.82) is 0 Å². The number of aromatic nitrogens is 4. The number of rotatable bonds is 8. The van der Waals surface area contributed by atoms with Crippen molar-refractivity contribution >= 4 is 17.1 Å². The van der Waals surface area contributed by atoms with E-state index in [0.717, 1.165) is 4.57 Å². The summed E-state index contributed by atoms with van der Waals surface area (Å²) in [6, 6.07) is 6.06. The molecule has 0 spiro atoms. The van der Waals surface area contributed by atoms with E-state index in [4.69, 9.17) is 14.2 Å². The van der Waals surface area contributed by atoms with Crippen LogP contribution in [0.2, 0.25) is 0 Å². The molecule has 0 aliphatic rings. The molecule has 1 unspecified atom stereocenters. The van der Waals surface area contributed by atoms with E-state index >= 15 is 0 Å². The number of esters is 1. The van der Waals surface area contributed by atoms with Gasteiger partial charge in [0, 0.05) is 13.2 Å². The van der Waals surface area contributed by atoms with Gasteiger partial charge in [-0.1, -0.05) is 6.07 Å². The first-order valence-corrected chi connectivity index (χ1v) is 9.47. The van der Waals surface area contributed by atoms with Gasteiger partial charge in [-0.05, 0) is 26.0 Å². The Morgan fingerprint density at radius 1 is 1.23 bits per heavy atom. The van der Waals surface area contributed by atoms with Crippen LogP contribution in [0.3, 0.4) is 0 Å². The molecule has 3 aromatic rings. The summed E-state index contributed by atoms with van der Waals surface area (Å²) < 4.78 is 19.2. The summed E-state index contributed by atoms with van der Waals surface area (Å²) in [6.07, 6.45) is 1.37. The molecule has 0 aliphatic carbocycles. The zero-order chi connectivity index (χ0) is 21.8. The van der Waals surface area contributed by atoms with Crippen LogP contribution < -0.4 is 16.0 Å². The lowest BCUT2D eigenvalue weighted by Gasteiger charge is -2.15. The van der Waals surface area contributed by atoms with Crippen LogP contribution in [0.4, 0.5) is 0 Å². The lowest BCUT2D eigenvalue weighted by Crippen LogP contribution is -2.41. The van der Waals surface area contributed by atoms with Crippen LogP contribution in [0, 0.1) is 0 Å². The van der Waals surface area contributed by atoms with E-state index in [9.17, 15) is 14.4 Å². The van der Waals surface area contributed by atoms with Gasteiger partial charge in [0.2, 0.25) is 0 Å². The van der Waals surface area contributed by atoms with Crippen molar-refractivity contribution in [3.05, 3.63) is 51.4 Å². The van der Waals surface area contributed by atoms with Gasteiger partial charge < -0.3 is 18.8 Å². The van der Waals surface area contributed by atoms with Gasteiger partial charge >= 0.3 is 11.7 Å². The van der Waals surface area contributed by atoms with Crippen molar-refractivity contribution < 1.29 is 19.0 Å². The van der Waals surface area contributed by atoms with E-state index < -0.39 is 23.3 Å². The molecular formula is C20H24N4O6. The van der Waals surface area contributed by atoms with Crippen molar-refractivity contribution in [2.75, 3.05) is 27.4 Å². The average Bonchev–Trinajstić information content (AvgIpc) is 3.18. The number of imidazole rings is 1. The summed E-state index contributed by atoms with van der Waals surface area (Å²) in [5.41, 5.74) is -0.381. The molecule has 160 valence electrons. The molecule has 0 fully saturated rings. The van der Waals surface area contributed by atoms with Crippen LogP contribution >= 0.6 is 0 Å². The van der Waals surface area contributed by atoms with E-state index in [0.29, 0.717) is 11.4 Å². The van der Waals surface area contributed by atoms with E-state index in [2.05, 4.69) is 4.98 Å². The molecule has 0 amide bonds. The van der Waals surface area contributed by atoms with Gasteiger partial charge in [-0.25, -0.2) is 19.1 Å². The number of carbonyl (C=O) groups excluding carboxylic acids is 1. The fourth-order valence-electron chi connectivity index (χ4n) is 3.18. The molecule has 0 aliphatic heterocycles. The number of methoxy groups -OCH3 is 2. The number of benzene rings is 1. The van der Waals surface area contributed by atoms with Gasteiger partial charge in [-0.2, -0.15) is 0 Å². The van der Waals surface area contributed by atoms with Crippen LogP contribution in [0.15, 0.2) is 40.2 Å². The van der Waals surface area contributed by atoms with Gasteiger partial charge in [0.05, 0.1) is 38.9 Å². The van der Waals surface area contributed by atoms with Gasteiger partial charge in [-0.3, -0.25) is 9.36 Å². The Labute approximate surface area is 172 Å². The Morgan fingerprint density at radius 3 is 2.67 bits per heavy atom. The molecule has 3 rings (SSSR count). The lowest BCUT2D eigenvalue weighted by atomic mass is 10.3. The number of hydrogen-bond donors (Lipinski definition) is 0. The molecule has 0 bridgehead atoms. The van der Waals surface area contributed by atoms with Crippen molar-refractivity contribution in [3.8, 4) is 11.4 Å². The minimum Gasteiger partial charge on any atom is -0.497 e. The topological polar surface area (TPSA) is 107 Å². The Balaban J connectivity index is 2.34. The highest BCUT2D eigenvalue weighted by Crippen LogP contribution is 2.20. The molecular weight excluding hydrogens is 392 g/mol. The quantitative estimate of drug-likeness (QED) is 0.507. The second kappa shape index (κ2) is 8.95. The van der Waals surface area contributed by atoms with Crippen LogP contribution in [0.25, 0.3) is 16.9 Å². The summed E-state index contributed by atoms with van der Waals surface area (Å²) in [6.45, 7) is 3.74. The molecule has 2 aromatic heterocycles. The molecule has 0 radical (unpaired) electrons. The monoisotopic (exact) mass is 416 g/mol. The maximum absolute atomic E-state index is 13.2. The third kappa shape index (κ3) is 3.73. The largest absolute Gasteiger partial charge is 0.497 e. The van der Waals surface area contributed by atoms with Crippen LogP contribution in [0.5, 0.6) is 5.75 Å². The van der Waals surface area contributed by atoms with Crippen molar-refractivity contribution in [1.82, 2.24) is 18.7 Å². The van der Waals surface area contributed by atoms with E-state index in [1.165, 1.54) is 29.7 Å². The normalized spacial score (nSPS) is 12.1. The van der Waals surface area contributed by atoms with Crippen molar-refractivity contribution in [3.63, 3.8) is 0 Å². The number of fused-ring (bicyclic) bond motifs is 1. The van der Waals surface area contributed by atoms with E-state index in [1.807, 2.05) is 0 Å². The molecule has 10 nitrogen and oxygen atoms in total. The van der Waals surface area contributed by atoms with Crippen molar-refractivity contribution in [2.45, 2.75) is 26.4 Å². The molecule has 0 saturated heterocycles. The smallest absolute Gasteiger partial charge is 0.337 e. The standard InChI is InChI=1S/C20H24N4O6/c1-5-30-19(26)13(2)23-12-21-17-16(23)18(25)22(9-10-28-3)20(27)24(17)14-7-6-8-15(11-14)29-4/h6-8,11-13H,5,9-10H2,1-4H3. The molecule has 30 heavy (non-hydrogen) atoms. The average molecular weight is 416 g/mol. The van der Waals surface area contributed by atoms with Gasteiger partial charge in [-0.15, -0.1) is 0 Å². The Hall–Kier alpha value is -3.40. The first kappa shape index (κ1) is 21.3. The third-order valence-electron chi connectivity index (χ3n) is 4.73. The fraction of sp³-hybridized carbons (Fsp3) is 0.400. The van der Waals surface area contributed by atoms with Gasteiger partial charge in [0.25, 0.3) is 5.56 Å². The summed E-state index contributed by atoms with van der Waals surface area (Å²) in [7, 11) is 3.00. The molecule has 10 heteroatoms. The van der Waals surface area contributed by atoms with Gasteiger partial charge in [0.1, 0.15) is 11.8 Å². The van der Waals surface area contributed by atoms with E-state index in [1.54, 1.807) is 38.1 Å². The second-order valence-corrected chi connectivity index (χ2v) is 6.52. The lowest BCUT2D eigenvalue weighted by molar-refractivity contribution is -0.146. The zero-order valence-corrected chi connectivity index (χ0v) is 17.3. The number of nitrogens with zero attached hydrogens (tertiary/aromatic N) is 4. The molecule has 0 N–H and O–H groups in total. The van der Waals surface area contributed by atoms with E-state index in [-0.39, 0.29) is 30.9 Å².